The second-order valence-electron chi connectivity index (χ2n) is 7.51. The molecule has 2 radical (unpaired) electrons. The van der Waals surface area contributed by atoms with Gasteiger partial charge in [0.25, 0.3) is 0 Å². The second-order valence-corrected chi connectivity index (χ2v) is 8.08. The van der Waals surface area contributed by atoms with E-state index in [2.05, 4.69) is 19.9 Å². The standard InChI is InChI=1S/C12H18NO4.C11H17NO4P.2Y/c1-3-10(11(16)7-6-9(2)15)13-12(17)5-4-8-14;1-2-8(11(16)17)6-9(14)7-12-10(15)4-3-5-13;;/h10H,3-7H2,1-2H3,(H,13,17);8H,2-4,6-7,17H2,1H3,(H,12,15);;/q2*-1;;/t10-;;;/m0.../s1. The minimum atomic E-state index is -0.562. The molecule has 0 aromatic carbocycles. The Morgan fingerprint density at radius 3 is 1.75 bits per heavy atom. The molecule has 0 fully saturated rings. The summed E-state index contributed by atoms with van der Waals surface area (Å²) in [5, 5.41) is 4.95. The van der Waals surface area contributed by atoms with Crippen molar-refractivity contribution in [3.8, 4) is 0 Å². The molecule has 2 N–H and O–H groups in total. The third-order valence-corrected chi connectivity index (χ3v) is 5.09. The topological polar surface area (TPSA) is 161 Å². The van der Waals surface area contributed by atoms with E-state index in [1.807, 2.05) is 6.92 Å². The fourth-order valence-corrected chi connectivity index (χ4v) is 2.91. The minimum absolute atomic E-state index is 0. The summed E-state index contributed by atoms with van der Waals surface area (Å²) in [6, 6.07) is -0.562. The molecule has 0 rings (SSSR count). The zero-order valence-electron chi connectivity index (χ0n) is 21.2. The average Bonchev–Trinajstić information content (AvgIpc) is 2.80. The number of amides is 2. The molecule has 0 bridgehead atoms. The molecular weight excluding hydrogens is 641 g/mol. The Balaban J connectivity index is -0.000000269. The van der Waals surface area contributed by atoms with Gasteiger partial charge >= 0.3 is 0 Å². The van der Waals surface area contributed by atoms with Crippen LogP contribution in [0.2, 0.25) is 0 Å². The molecule has 0 saturated heterocycles. The van der Waals surface area contributed by atoms with Crippen LogP contribution in [0.25, 0.3) is 0 Å². The number of rotatable bonds is 18. The van der Waals surface area contributed by atoms with Gasteiger partial charge in [-0.05, 0) is 19.8 Å². The van der Waals surface area contributed by atoms with Gasteiger partial charge in [0.2, 0.25) is 11.8 Å². The molecular formula is C23H35N2O8PY2-2. The van der Waals surface area contributed by atoms with Crippen molar-refractivity contribution in [1.29, 1.82) is 0 Å². The van der Waals surface area contributed by atoms with Crippen LogP contribution in [0.4, 0.5) is 0 Å². The number of Topliss-reactive ketones (excluding diaryl/α,β-unsaturated/α-hetero) is 3. The predicted octanol–water partition coefficient (Wildman–Crippen LogP) is 1.08. The molecule has 3 atom stereocenters. The summed E-state index contributed by atoms with van der Waals surface area (Å²) in [6.07, 6.45) is 4.92. The Labute approximate surface area is 265 Å². The van der Waals surface area contributed by atoms with E-state index in [1.54, 1.807) is 19.5 Å². The van der Waals surface area contributed by atoms with Crippen molar-refractivity contribution in [2.45, 2.75) is 84.6 Å². The van der Waals surface area contributed by atoms with Gasteiger partial charge in [-0.2, -0.15) is 0 Å². The van der Waals surface area contributed by atoms with Crippen LogP contribution in [-0.2, 0) is 104 Å². The molecule has 0 saturated carbocycles. The molecule has 0 aromatic rings. The summed E-state index contributed by atoms with van der Waals surface area (Å²) >= 11 is 0. The number of ketones is 3. The number of carbonyl (C=O) groups is 6. The van der Waals surface area contributed by atoms with Crippen molar-refractivity contribution < 1.29 is 104 Å². The summed E-state index contributed by atoms with van der Waals surface area (Å²) in [4.78, 5) is 87.1. The van der Waals surface area contributed by atoms with E-state index in [1.165, 1.54) is 6.92 Å². The molecule has 0 aromatic heterocycles. The van der Waals surface area contributed by atoms with E-state index >= 15 is 0 Å². The summed E-state index contributed by atoms with van der Waals surface area (Å²) < 4.78 is 0. The van der Waals surface area contributed by atoms with Crippen LogP contribution < -0.4 is 10.6 Å². The van der Waals surface area contributed by atoms with Crippen LogP contribution in [0.3, 0.4) is 0 Å². The van der Waals surface area contributed by atoms with Gasteiger partial charge in [-0.25, -0.2) is 0 Å². The number of hydrogen-bond donors (Lipinski definition) is 2. The number of nitrogens with one attached hydrogen (secondary N) is 2. The fraction of sp³-hybridized carbons (Fsp3) is 0.652. The smallest absolute Gasteiger partial charge is 0.218 e. The first kappa shape index (κ1) is 42.7. The maximum atomic E-state index is 11.6. The van der Waals surface area contributed by atoms with Crippen LogP contribution in [0.5, 0.6) is 0 Å². The van der Waals surface area contributed by atoms with Gasteiger partial charge in [-0.3, -0.25) is 36.5 Å². The Hall–Kier alpha value is -0.402. The van der Waals surface area contributed by atoms with Crippen LogP contribution in [-0.4, -0.2) is 59.8 Å². The molecule has 0 heterocycles. The Morgan fingerprint density at radius 1 is 0.806 bits per heavy atom. The van der Waals surface area contributed by atoms with Gasteiger partial charge in [0.1, 0.15) is 5.78 Å². The molecule has 13 heteroatoms. The zero-order valence-corrected chi connectivity index (χ0v) is 28.1. The molecule has 36 heavy (non-hydrogen) atoms. The SMILES string of the molecule is CCC(CC(=O)CNC(=O)CC[C-]=O)C(=O)P.CC[C@H](NC(=O)CC[C-]=O)C(=O)CCC(C)=O.[Y].[Y]. The van der Waals surface area contributed by atoms with Crippen LogP contribution in [0.15, 0.2) is 0 Å². The minimum Gasteiger partial charge on any atom is -0.542 e. The molecule has 0 aliphatic heterocycles. The molecule has 2 amide bonds. The summed E-state index contributed by atoms with van der Waals surface area (Å²) in [6.45, 7) is 4.94. The summed E-state index contributed by atoms with van der Waals surface area (Å²) in [7, 11) is 2.06. The third-order valence-electron chi connectivity index (χ3n) is 4.62. The van der Waals surface area contributed by atoms with Crippen molar-refractivity contribution in [2.24, 2.45) is 5.92 Å². The van der Waals surface area contributed by atoms with Gasteiger partial charge in [-0.1, -0.05) is 23.1 Å². The van der Waals surface area contributed by atoms with E-state index in [4.69, 9.17) is 0 Å². The maximum Gasteiger partial charge on any atom is 0.218 e. The first-order chi connectivity index (χ1) is 16.0. The van der Waals surface area contributed by atoms with E-state index in [9.17, 15) is 38.4 Å². The second kappa shape index (κ2) is 27.6. The molecule has 0 spiro atoms. The largest absolute Gasteiger partial charge is 0.542 e. The van der Waals surface area contributed by atoms with Crippen molar-refractivity contribution in [2.75, 3.05) is 6.54 Å². The third kappa shape index (κ3) is 25.3. The average molecular weight is 676 g/mol. The van der Waals surface area contributed by atoms with Crippen LogP contribution in [0, 0.1) is 5.92 Å². The zero-order chi connectivity index (χ0) is 26.5. The van der Waals surface area contributed by atoms with E-state index in [-0.39, 0.29) is 158 Å². The van der Waals surface area contributed by atoms with Gasteiger partial charge in [0.15, 0.2) is 17.1 Å². The van der Waals surface area contributed by atoms with Crippen LogP contribution >= 0.6 is 9.24 Å². The quantitative estimate of drug-likeness (QED) is 0.161. The summed E-state index contributed by atoms with van der Waals surface area (Å²) in [5.74, 6) is -1.37. The Bertz CT molecular complexity index is 735. The predicted molar refractivity (Wildman–Crippen MR) is 128 cm³/mol. The monoisotopic (exact) mass is 676 g/mol. The molecule has 198 valence electrons. The van der Waals surface area contributed by atoms with Crippen molar-refractivity contribution >= 4 is 56.5 Å². The number of carbonyl (C=O) groups excluding carboxylic acids is 8. The normalized spacial score (nSPS) is 11.0. The van der Waals surface area contributed by atoms with Crippen LogP contribution in [0.1, 0.15) is 78.6 Å². The van der Waals surface area contributed by atoms with Gasteiger partial charge < -0.3 is 25.0 Å². The van der Waals surface area contributed by atoms with Gasteiger partial charge in [-0.15, -0.1) is 12.8 Å². The molecule has 10 nitrogen and oxygen atoms in total. The molecule has 0 aliphatic rings. The first-order valence-corrected chi connectivity index (χ1v) is 11.7. The van der Waals surface area contributed by atoms with Crippen molar-refractivity contribution in [3.05, 3.63) is 0 Å². The summed E-state index contributed by atoms with van der Waals surface area (Å²) in [5.41, 5.74) is -0.0947. The van der Waals surface area contributed by atoms with E-state index in [0.29, 0.717) is 12.8 Å². The maximum absolute atomic E-state index is 11.6. The first-order valence-electron chi connectivity index (χ1n) is 11.1. The Morgan fingerprint density at radius 2 is 1.33 bits per heavy atom. The van der Waals surface area contributed by atoms with Crippen molar-refractivity contribution in [3.63, 3.8) is 0 Å². The van der Waals surface area contributed by atoms with Gasteiger partial charge in [0, 0.05) is 103 Å². The van der Waals surface area contributed by atoms with E-state index < -0.39 is 6.04 Å². The number of hydrogen-bond acceptors (Lipinski definition) is 8. The molecule has 2 unspecified atom stereocenters. The van der Waals surface area contributed by atoms with E-state index in [0.717, 1.165) is 0 Å². The molecule has 0 aliphatic carbocycles. The Kier molecular flexibility index (Phi) is 32.8. The van der Waals surface area contributed by atoms with Crippen molar-refractivity contribution in [1.82, 2.24) is 10.6 Å². The van der Waals surface area contributed by atoms with Gasteiger partial charge in [0.05, 0.1) is 12.6 Å². The fourth-order valence-electron chi connectivity index (χ4n) is 2.56.